The molecule has 5 heteroatoms. The fraction of sp³-hybridized carbons (Fsp3) is 0.357. The lowest BCUT2D eigenvalue weighted by atomic mass is 9.96. The number of methoxy groups -OCH3 is 1. The number of benzene rings is 1. The third-order valence-electron chi connectivity index (χ3n) is 3.43. The number of rotatable bonds is 3. The Kier molecular flexibility index (Phi) is 3.40. The van der Waals surface area contributed by atoms with Gasteiger partial charge in [0.1, 0.15) is 17.6 Å². The van der Waals surface area contributed by atoms with Crippen LogP contribution in [0.3, 0.4) is 0 Å². The number of ether oxygens (including phenoxy) is 2. The van der Waals surface area contributed by atoms with Crippen LogP contribution in [0.25, 0.3) is 0 Å². The molecule has 2 unspecified atom stereocenters. The molecule has 2 atom stereocenters. The first-order chi connectivity index (χ1) is 9.31. The van der Waals surface area contributed by atoms with Gasteiger partial charge in [0.25, 0.3) is 0 Å². The van der Waals surface area contributed by atoms with Crippen LogP contribution in [0.4, 0.5) is 0 Å². The summed E-state index contributed by atoms with van der Waals surface area (Å²) in [5.41, 5.74) is 3.03. The first kappa shape index (κ1) is 12.4. The molecule has 3 rings (SSSR count). The Morgan fingerprint density at radius 2 is 2.37 bits per heavy atom. The molecule has 0 saturated carbocycles. The van der Waals surface area contributed by atoms with Gasteiger partial charge in [-0.25, -0.2) is 0 Å². The molecule has 1 N–H and O–H groups in total. The van der Waals surface area contributed by atoms with Gasteiger partial charge in [0.15, 0.2) is 0 Å². The minimum atomic E-state index is 0.0598. The van der Waals surface area contributed by atoms with Crippen LogP contribution in [-0.4, -0.2) is 19.1 Å². The van der Waals surface area contributed by atoms with Crippen molar-refractivity contribution < 1.29 is 9.47 Å². The monoisotopic (exact) mass is 276 g/mol. The van der Waals surface area contributed by atoms with Crippen molar-refractivity contribution in [2.45, 2.75) is 18.6 Å². The number of hydrogen-bond acceptors (Lipinski definition) is 5. The number of nitrogens with one attached hydrogen (secondary N) is 1. The van der Waals surface area contributed by atoms with Crippen LogP contribution in [0, 0.1) is 0 Å². The zero-order valence-corrected chi connectivity index (χ0v) is 11.7. The van der Waals surface area contributed by atoms with Gasteiger partial charge in [0, 0.05) is 30.3 Å². The Balaban J connectivity index is 1.96. The van der Waals surface area contributed by atoms with E-state index in [4.69, 9.17) is 9.47 Å². The van der Waals surface area contributed by atoms with E-state index in [0.29, 0.717) is 6.04 Å². The van der Waals surface area contributed by atoms with Gasteiger partial charge < -0.3 is 14.8 Å². The molecule has 0 aliphatic carbocycles. The van der Waals surface area contributed by atoms with E-state index in [1.54, 1.807) is 18.4 Å². The first-order valence-electron chi connectivity index (χ1n) is 6.22. The molecule has 0 bridgehead atoms. The second-order valence-corrected chi connectivity index (χ2v) is 5.41. The van der Waals surface area contributed by atoms with Crippen molar-refractivity contribution in [1.82, 2.24) is 10.3 Å². The van der Waals surface area contributed by atoms with E-state index in [-0.39, 0.29) is 6.10 Å². The molecule has 0 radical (unpaired) electrons. The van der Waals surface area contributed by atoms with E-state index in [1.807, 2.05) is 30.9 Å². The normalized spacial score (nSPS) is 21.6. The second-order valence-electron chi connectivity index (χ2n) is 4.49. The Morgan fingerprint density at radius 3 is 3.05 bits per heavy atom. The van der Waals surface area contributed by atoms with Crippen molar-refractivity contribution >= 4 is 11.3 Å². The van der Waals surface area contributed by atoms with Crippen LogP contribution in [0.1, 0.15) is 29.0 Å². The molecule has 4 nitrogen and oxygen atoms in total. The van der Waals surface area contributed by atoms with Crippen LogP contribution in [0.5, 0.6) is 11.5 Å². The maximum atomic E-state index is 6.10. The number of aromatic nitrogens is 1. The summed E-state index contributed by atoms with van der Waals surface area (Å²) in [6, 6.07) is 6.28. The van der Waals surface area contributed by atoms with Gasteiger partial charge in [-0.15, -0.1) is 11.3 Å². The highest BCUT2D eigenvalue weighted by Gasteiger charge is 2.29. The van der Waals surface area contributed by atoms with E-state index in [1.165, 1.54) is 5.56 Å². The van der Waals surface area contributed by atoms with E-state index in [9.17, 15) is 0 Å². The molecule has 0 amide bonds. The highest BCUT2D eigenvalue weighted by molar-refractivity contribution is 7.09. The largest absolute Gasteiger partial charge is 0.497 e. The van der Waals surface area contributed by atoms with Crippen LogP contribution in [0.2, 0.25) is 0 Å². The van der Waals surface area contributed by atoms with Gasteiger partial charge in [-0.1, -0.05) is 6.07 Å². The van der Waals surface area contributed by atoms with E-state index < -0.39 is 0 Å². The smallest absolute Gasteiger partial charge is 0.136 e. The lowest BCUT2D eigenvalue weighted by Gasteiger charge is -2.31. The molecule has 1 aliphatic rings. The Morgan fingerprint density at radius 1 is 1.47 bits per heavy atom. The molecule has 2 heterocycles. The predicted octanol–water partition coefficient (Wildman–Crippen LogP) is 2.94. The number of fused-ring (bicyclic) bond motifs is 1. The van der Waals surface area contributed by atoms with Crippen molar-refractivity contribution in [2.75, 3.05) is 14.2 Å². The van der Waals surface area contributed by atoms with Crippen molar-refractivity contribution in [2.24, 2.45) is 0 Å². The molecule has 2 aromatic rings. The highest BCUT2D eigenvalue weighted by Crippen LogP contribution is 2.42. The van der Waals surface area contributed by atoms with Gasteiger partial charge in [-0.3, -0.25) is 4.98 Å². The summed E-state index contributed by atoms with van der Waals surface area (Å²) in [5, 5.41) is 3.35. The third-order valence-corrected chi connectivity index (χ3v) is 4.30. The van der Waals surface area contributed by atoms with E-state index >= 15 is 0 Å². The molecule has 1 aliphatic heterocycles. The summed E-state index contributed by atoms with van der Waals surface area (Å²) in [6.07, 6.45) is 2.86. The standard InChI is InChI=1S/C14H16N2O2S/c1-15-11-6-13(14-7-16-8-19-14)18-12-5-9(17-2)3-4-10(11)12/h3-5,7-8,11,13,15H,6H2,1-2H3. The average molecular weight is 276 g/mol. The maximum Gasteiger partial charge on any atom is 0.136 e. The van der Waals surface area contributed by atoms with E-state index in [2.05, 4.69) is 16.4 Å². The van der Waals surface area contributed by atoms with E-state index in [0.717, 1.165) is 22.8 Å². The molecule has 19 heavy (non-hydrogen) atoms. The molecule has 0 fully saturated rings. The zero-order valence-electron chi connectivity index (χ0n) is 10.9. The Labute approximate surface area is 116 Å². The van der Waals surface area contributed by atoms with Crippen LogP contribution in [-0.2, 0) is 0 Å². The van der Waals surface area contributed by atoms with Gasteiger partial charge in [0.05, 0.1) is 17.5 Å². The summed E-state index contributed by atoms with van der Waals surface area (Å²) in [6.45, 7) is 0. The third kappa shape index (κ3) is 2.31. The topological polar surface area (TPSA) is 43.4 Å². The molecule has 1 aromatic carbocycles. The minimum Gasteiger partial charge on any atom is -0.497 e. The van der Waals surface area contributed by atoms with Crippen LogP contribution >= 0.6 is 11.3 Å². The summed E-state index contributed by atoms with van der Waals surface area (Å²) in [5.74, 6) is 1.71. The fourth-order valence-corrected chi connectivity index (χ4v) is 3.07. The van der Waals surface area contributed by atoms with Gasteiger partial charge >= 0.3 is 0 Å². The van der Waals surface area contributed by atoms with Crippen molar-refractivity contribution in [3.63, 3.8) is 0 Å². The molecule has 100 valence electrons. The van der Waals surface area contributed by atoms with Crippen molar-refractivity contribution in [1.29, 1.82) is 0 Å². The predicted molar refractivity (Wildman–Crippen MR) is 74.9 cm³/mol. The Bertz CT molecular complexity index is 557. The second kappa shape index (κ2) is 5.19. The van der Waals surface area contributed by atoms with Gasteiger partial charge in [-0.05, 0) is 13.1 Å². The molecule has 0 spiro atoms. The van der Waals surface area contributed by atoms with Gasteiger partial charge in [-0.2, -0.15) is 0 Å². The summed E-state index contributed by atoms with van der Waals surface area (Å²) >= 11 is 1.63. The average Bonchev–Trinajstić information content (AvgIpc) is 2.99. The molecular formula is C14H16N2O2S. The Hall–Kier alpha value is -1.59. The quantitative estimate of drug-likeness (QED) is 0.936. The summed E-state index contributed by atoms with van der Waals surface area (Å²) in [7, 11) is 3.65. The molecule has 1 aromatic heterocycles. The minimum absolute atomic E-state index is 0.0598. The summed E-state index contributed by atoms with van der Waals surface area (Å²) < 4.78 is 11.4. The van der Waals surface area contributed by atoms with Gasteiger partial charge in [0.2, 0.25) is 0 Å². The first-order valence-corrected chi connectivity index (χ1v) is 7.10. The number of nitrogens with zero attached hydrogens (tertiary/aromatic N) is 1. The summed E-state index contributed by atoms with van der Waals surface area (Å²) in [4.78, 5) is 5.29. The van der Waals surface area contributed by atoms with Crippen molar-refractivity contribution in [3.8, 4) is 11.5 Å². The van der Waals surface area contributed by atoms with Crippen molar-refractivity contribution in [3.05, 3.63) is 40.3 Å². The molecular weight excluding hydrogens is 260 g/mol. The lowest BCUT2D eigenvalue weighted by molar-refractivity contribution is 0.156. The number of thiazole rings is 1. The SMILES string of the molecule is CNC1CC(c2cncs2)Oc2cc(OC)ccc21. The zero-order chi connectivity index (χ0) is 13.2. The van der Waals surface area contributed by atoms with Crippen LogP contribution in [0.15, 0.2) is 29.9 Å². The number of hydrogen-bond donors (Lipinski definition) is 1. The molecule has 0 saturated heterocycles. The fourth-order valence-electron chi connectivity index (χ4n) is 2.41. The highest BCUT2D eigenvalue weighted by atomic mass is 32.1. The lowest BCUT2D eigenvalue weighted by Crippen LogP contribution is -2.26. The maximum absolute atomic E-state index is 6.10. The van der Waals surface area contributed by atoms with Crippen LogP contribution < -0.4 is 14.8 Å².